The van der Waals surface area contributed by atoms with E-state index in [-0.39, 0.29) is 19.0 Å². The minimum absolute atomic E-state index is 0. The molecule has 0 aromatic heterocycles. The lowest BCUT2D eigenvalue weighted by Gasteiger charge is -2.13. The molecule has 0 spiro atoms. The topological polar surface area (TPSA) is 59.6 Å². The second-order valence-electron chi connectivity index (χ2n) is 5.54. The second-order valence-corrected chi connectivity index (χ2v) is 5.54. The van der Waals surface area contributed by atoms with Crippen molar-refractivity contribution in [1.82, 2.24) is 10.6 Å². The fourth-order valence-electron chi connectivity index (χ4n) is 2.53. The van der Waals surface area contributed by atoms with Crippen LogP contribution in [0.5, 0.6) is 11.5 Å². The summed E-state index contributed by atoms with van der Waals surface area (Å²) in [7, 11) is 0. The Morgan fingerprint density at radius 1 is 1.30 bits per heavy atom. The van der Waals surface area contributed by atoms with Crippen LogP contribution in [0.15, 0.2) is 18.2 Å². The van der Waals surface area contributed by atoms with Crippen LogP contribution in [0.4, 0.5) is 8.78 Å². The Kier molecular flexibility index (Phi) is 5.64. The molecule has 8 heteroatoms. The van der Waals surface area contributed by atoms with Crippen LogP contribution in [0.3, 0.4) is 0 Å². The smallest absolute Gasteiger partial charge is 0.262 e. The first-order valence-corrected chi connectivity index (χ1v) is 7.31. The van der Waals surface area contributed by atoms with Crippen molar-refractivity contribution in [3.8, 4) is 11.5 Å². The van der Waals surface area contributed by atoms with Crippen LogP contribution < -0.4 is 20.1 Å². The Hall–Kier alpha value is -1.60. The van der Waals surface area contributed by atoms with Gasteiger partial charge in [0, 0.05) is 19.4 Å². The van der Waals surface area contributed by atoms with E-state index in [0.29, 0.717) is 24.7 Å². The molecule has 2 heterocycles. The van der Waals surface area contributed by atoms with Gasteiger partial charge in [-0.1, -0.05) is 6.07 Å². The number of benzene rings is 1. The highest BCUT2D eigenvalue weighted by Gasteiger charge is 2.42. The normalized spacial score (nSPS) is 21.9. The van der Waals surface area contributed by atoms with Gasteiger partial charge >= 0.3 is 0 Å². The largest absolute Gasteiger partial charge is 0.490 e. The summed E-state index contributed by atoms with van der Waals surface area (Å²) >= 11 is 0. The van der Waals surface area contributed by atoms with Crippen molar-refractivity contribution >= 4 is 18.3 Å². The van der Waals surface area contributed by atoms with Crippen molar-refractivity contribution in [2.75, 3.05) is 19.8 Å². The molecular formula is C15H19ClF2N2O3. The molecule has 0 radical (unpaired) electrons. The molecule has 128 valence electrons. The van der Waals surface area contributed by atoms with Gasteiger partial charge in [0.1, 0.15) is 0 Å². The zero-order valence-corrected chi connectivity index (χ0v) is 13.3. The van der Waals surface area contributed by atoms with E-state index in [2.05, 4.69) is 10.6 Å². The molecule has 2 aliphatic rings. The lowest BCUT2D eigenvalue weighted by atomic mass is 10.1. The number of fused-ring (bicyclic) bond motifs is 1. The molecule has 2 aliphatic heterocycles. The Morgan fingerprint density at radius 2 is 2.04 bits per heavy atom. The van der Waals surface area contributed by atoms with Gasteiger partial charge in [-0.15, -0.1) is 12.4 Å². The number of nitrogens with one attached hydrogen (secondary N) is 2. The minimum atomic E-state index is -2.81. The molecule has 1 aromatic carbocycles. The van der Waals surface area contributed by atoms with Crippen molar-refractivity contribution in [3.63, 3.8) is 0 Å². The number of hydrogen-bond acceptors (Lipinski definition) is 4. The molecule has 0 saturated carbocycles. The van der Waals surface area contributed by atoms with E-state index in [9.17, 15) is 13.6 Å². The standard InChI is InChI=1S/C15H18F2N2O3.ClH/c16-15(17)7-11(19-9-15)14(20)18-8-10-2-3-12-13(6-10)22-5-1-4-21-12;/h2-3,6,11,19H,1,4-5,7-9H2,(H,18,20);1H. The number of carbonyl (C=O) groups excluding carboxylic acids is 1. The van der Waals surface area contributed by atoms with Gasteiger partial charge in [0.05, 0.1) is 25.8 Å². The van der Waals surface area contributed by atoms with Crippen molar-refractivity contribution < 1.29 is 23.0 Å². The Bertz CT molecular complexity index is 572. The summed E-state index contributed by atoms with van der Waals surface area (Å²) in [4.78, 5) is 11.9. The predicted molar refractivity (Wildman–Crippen MR) is 82.5 cm³/mol. The van der Waals surface area contributed by atoms with Gasteiger partial charge in [0.25, 0.3) is 5.92 Å². The Labute approximate surface area is 139 Å². The summed E-state index contributed by atoms with van der Waals surface area (Å²) in [6.07, 6.45) is 0.363. The highest BCUT2D eigenvalue weighted by atomic mass is 35.5. The molecule has 2 N–H and O–H groups in total. The van der Waals surface area contributed by atoms with Crippen LogP contribution in [0.25, 0.3) is 0 Å². The maximum absolute atomic E-state index is 13.1. The molecule has 1 saturated heterocycles. The number of hydrogen-bond donors (Lipinski definition) is 2. The first-order valence-electron chi connectivity index (χ1n) is 7.31. The lowest BCUT2D eigenvalue weighted by molar-refractivity contribution is -0.123. The molecule has 0 bridgehead atoms. The molecule has 1 fully saturated rings. The number of ether oxygens (including phenoxy) is 2. The number of rotatable bonds is 3. The summed E-state index contributed by atoms with van der Waals surface area (Å²) in [6, 6.07) is 4.59. The molecule has 1 unspecified atom stereocenters. The summed E-state index contributed by atoms with van der Waals surface area (Å²) < 4.78 is 37.2. The summed E-state index contributed by atoms with van der Waals surface area (Å²) in [6.45, 7) is 1.02. The van der Waals surface area contributed by atoms with Gasteiger partial charge in [-0.2, -0.15) is 0 Å². The van der Waals surface area contributed by atoms with Crippen LogP contribution in [0.2, 0.25) is 0 Å². The predicted octanol–water partition coefficient (Wildman–Crippen LogP) is 1.88. The van der Waals surface area contributed by atoms with Crippen molar-refractivity contribution in [1.29, 1.82) is 0 Å². The summed E-state index contributed by atoms with van der Waals surface area (Å²) in [5.41, 5.74) is 0.836. The zero-order valence-electron chi connectivity index (χ0n) is 12.4. The number of amides is 1. The van der Waals surface area contributed by atoms with E-state index in [0.717, 1.165) is 12.0 Å². The van der Waals surface area contributed by atoms with Gasteiger partial charge in [-0.05, 0) is 17.7 Å². The second kappa shape index (κ2) is 7.31. The van der Waals surface area contributed by atoms with E-state index in [1.807, 2.05) is 6.07 Å². The van der Waals surface area contributed by atoms with Gasteiger partial charge in [0.15, 0.2) is 11.5 Å². The number of alkyl halides is 2. The first-order chi connectivity index (χ1) is 10.5. The highest BCUT2D eigenvalue weighted by Crippen LogP contribution is 2.30. The third kappa shape index (κ3) is 4.45. The maximum atomic E-state index is 13.1. The quantitative estimate of drug-likeness (QED) is 0.875. The number of halogens is 3. The summed E-state index contributed by atoms with van der Waals surface area (Å²) in [5, 5.41) is 5.20. The monoisotopic (exact) mass is 348 g/mol. The minimum Gasteiger partial charge on any atom is -0.490 e. The molecule has 1 atom stereocenters. The van der Waals surface area contributed by atoms with Crippen LogP contribution in [0.1, 0.15) is 18.4 Å². The SMILES string of the molecule is Cl.O=C(NCc1ccc2c(c1)OCCCO2)C1CC(F)(F)CN1. The molecule has 23 heavy (non-hydrogen) atoms. The molecular weight excluding hydrogens is 330 g/mol. The van der Waals surface area contributed by atoms with Gasteiger partial charge in [-0.25, -0.2) is 8.78 Å². The van der Waals surface area contributed by atoms with Crippen molar-refractivity contribution in [2.45, 2.75) is 31.4 Å². The van der Waals surface area contributed by atoms with Crippen molar-refractivity contribution in [2.24, 2.45) is 0 Å². The fourth-order valence-corrected chi connectivity index (χ4v) is 2.53. The Balaban J connectivity index is 0.00000192. The van der Waals surface area contributed by atoms with E-state index in [1.165, 1.54) is 0 Å². The molecule has 1 amide bonds. The fraction of sp³-hybridized carbons (Fsp3) is 0.533. The molecule has 5 nitrogen and oxygen atoms in total. The van der Waals surface area contributed by atoms with Gasteiger partial charge in [-0.3, -0.25) is 10.1 Å². The molecule has 3 rings (SSSR count). The van der Waals surface area contributed by atoms with E-state index < -0.39 is 30.8 Å². The summed E-state index contributed by atoms with van der Waals surface area (Å²) in [5.74, 6) is -1.89. The van der Waals surface area contributed by atoms with E-state index in [1.54, 1.807) is 12.1 Å². The van der Waals surface area contributed by atoms with Crippen LogP contribution in [-0.2, 0) is 11.3 Å². The molecule has 1 aromatic rings. The van der Waals surface area contributed by atoms with E-state index >= 15 is 0 Å². The first kappa shape index (κ1) is 17.7. The maximum Gasteiger partial charge on any atom is 0.262 e. The number of carbonyl (C=O) groups is 1. The average molecular weight is 349 g/mol. The third-order valence-electron chi connectivity index (χ3n) is 3.71. The highest BCUT2D eigenvalue weighted by molar-refractivity contribution is 5.85. The lowest BCUT2D eigenvalue weighted by Crippen LogP contribution is -2.40. The zero-order chi connectivity index (χ0) is 15.6. The molecule has 0 aliphatic carbocycles. The Morgan fingerprint density at radius 3 is 2.74 bits per heavy atom. The van der Waals surface area contributed by atoms with Crippen LogP contribution >= 0.6 is 12.4 Å². The van der Waals surface area contributed by atoms with Gasteiger partial charge < -0.3 is 14.8 Å². The van der Waals surface area contributed by atoms with Crippen molar-refractivity contribution in [3.05, 3.63) is 23.8 Å². The van der Waals surface area contributed by atoms with Crippen LogP contribution in [-0.4, -0.2) is 37.6 Å². The third-order valence-corrected chi connectivity index (χ3v) is 3.71. The van der Waals surface area contributed by atoms with E-state index in [4.69, 9.17) is 9.47 Å². The van der Waals surface area contributed by atoms with Gasteiger partial charge in [0.2, 0.25) is 5.91 Å². The average Bonchev–Trinajstić information content (AvgIpc) is 2.72. The van der Waals surface area contributed by atoms with Crippen LogP contribution in [0, 0.1) is 0 Å².